The van der Waals surface area contributed by atoms with E-state index < -0.39 is 6.09 Å². The van der Waals surface area contributed by atoms with Crippen molar-refractivity contribution in [2.24, 2.45) is 0 Å². The number of para-hydroxylation sites is 1. The summed E-state index contributed by atoms with van der Waals surface area (Å²) in [5.41, 5.74) is 1.66. The Morgan fingerprint density at radius 2 is 1.32 bits per heavy atom. The lowest BCUT2D eigenvalue weighted by molar-refractivity contribution is -0.107. The lowest BCUT2D eigenvalue weighted by atomic mass is 10.0. The summed E-state index contributed by atoms with van der Waals surface area (Å²) in [6.45, 7) is 7.23. The van der Waals surface area contributed by atoms with Crippen LogP contribution in [0.3, 0.4) is 0 Å². The molecule has 0 bridgehead atoms. The monoisotopic (exact) mass is 517 g/mol. The molecule has 0 aliphatic heterocycles. The Kier molecular flexibility index (Phi) is 21.6. The minimum absolute atomic E-state index is 0.145. The Morgan fingerprint density at radius 1 is 0.784 bits per heavy atom. The van der Waals surface area contributed by atoms with Gasteiger partial charge in [0.2, 0.25) is 6.41 Å². The van der Waals surface area contributed by atoms with Crippen molar-refractivity contribution < 1.29 is 14.3 Å². The van der Waals surface area contributed by atoms with E-state index in [4.69, 9.17) is 4.74 Å². The number of nitrogens with zero attached hydrogens (tertiary/aromatic N) is 1. The highest BCUT2D eigenvalue weighted by Gasteiger charge is 2.12. The van der Waals surface area contributed by atoms with Crippen molar-refractivity contribution in [3.63, 3.8) is 0 Å². The Balaban J connectivity index is 2.12. The van der Waals surface area contributed by atoms with Crippen molar-refractivity contribution in [3.8, 4) is 0 Å². The number of benzene rings is 1. The molecule has 0 unspecified atom stereocenters. The van der Waals surface area contributed by atoms with Crippen molar-refractivity contribution in [2.45, 2.75) is 123 Å². The second-order valence-electron chi connectivity index (χ2n) is 10.1. The molecule has 2 amide bonds. The molecule has 0 saturated heterocycles. The fraction of sp³-hybridized carbons (Fsp3) is 0.742. The third kappa shape index (κ3) is 17.9. The highest BCUT2D eigenvalue weighted by atomic mass is 16.5. The molecule has 6 nitrogen and oxygen atoms in total. The number of hydrogen-bond donors (Lipinski definition) is 2. The molecule has 0 aliphatic carbocycles. The van der Waals surface area contributed by atoms with Crippen LogP contribution in [0.5, 0.6) is 0 Å². The van der Waals surface area contributed by atoms with E-state index in [2.05, 4.69) is 17.6 Å². The second-order valence-corrected chi connectivity index (χ2v) is 10.1. The van der Waals surface area contributed by atoms with E-state index in [-0.39, 0.29) is 6.61 Å². The van der Waals surface area contributed by atoms with Gasteiger partial charge in [0.05, 0.1) is 0 Å². The Bertz CT molecular complexity index is 683. The number of carbonyl (C=O) groups is 2. The van der Waals surface area contributed by atoms with Crippen LogP contribution in [0.25, 0.3) is 0 Å². The van der Waals surface area contributed by atoms with E-state index in [0.717, 1.165) is 37.0 Å². The fourth-order valence-electron chi connectivity index (χ4n) is 4.60. The van der Waals surface area contributed by atoms with Gasteiger partial charge >= 0.3 is 6.09 Å². The number of ether oxygens (including phenoxy) is 1. The van der Waals surface area contributed by atoms with Crippen LogP contribution in [0.2, 0.25) is 0 Å². The molecule has 2 N–H and O–H groups in total. The molecule has 0 aromatic heterocycles. The molecule has 37 heavy (non-hydrogen) atoms. The second kappa shape index (κ2) is 24.3. The number of anilines is 1. The van der Waals surface area contributed by atoms with Crippen LogP contribution in [0.15, 0.2) is 24.3 Å². The largest absolute Gasteiger partial charge is 0.445 e. The topological polar surface area (TPSA) is 70.7 Å². The van der Waals surface area contributed by atoms with E-state index in [1.54, 1.807) is 4.90 Å². The SMILES string of the molecule is CCCCCCCCCCCCCCCCCCN(C=O)c1ccccc1COC(=O)NCCNCC. The van der Waals surface area contributed by atoms with Crippen molar-refractivity contribution in [1.82, 2.24) is 10.6 Å². The first-order chi connectivity index (χ1) is 18.2. The summed E-state index contributed by atoms with van der Waals surface area (Å²) >= 11 is 0. The van der Waals surface area contributed by atoms with Gasteiger partial charge in [-0.2, -0.15) is 0 Å². The number of hydrogen-bond acceptors (Lipinski definition) is 4. The number of rotatable bonds is 25. The zero-order valence-corrected chi connectivity index (χ0v) is 23.9. The average Bonchev–Trinajstić information content (AvgIpc) is 2.92. The van der Waals surface area contributed by atoms with E-state index in [1.807, 2.05) is 31.2 Å². The van der Waals surface area contributed by atoms with Crippen molar-refractivity contribution >= 4 is 18.2 Å². The first-order valence-corrected chi connectivity index (χ1v) is 15.1. The molecule has 0 spiro atoms. The molecule has 0 aliphatic rings. The lowest BCUT2D eigenvalue weighted by Gasteiger charge is -2.21. The maximum atomic E-state index is 11.9. The minimum Gasteiger partial charge on any atom is -0.445 e. The molecule has 0 heterocycles. The number of amides is 2. The predicted molar refractivity (Wildman–Crippen MR) is 156 cm³/mol. The summed E-state index contributed by atoms with van der Waals surface area (Å²) in [5, 5.41) is 5.88. The van der Waals surface area contributed by atoms with Crippen LogP contribution in [-0.2, 0) is 16.1 Å². The highest BCUT2D eigenvalue weighted by Crippen LogP contribution is 2.21. The number of unbranched alkanes of at least 4 members (excludes halogenated alkanes) is 15. The van der Waals surface area contributed by atoms with Crippen LogP contribution < -0.4 is 15.5 Å². The van der Waals surface area contributed by atoms with Crippen LogP contribution in [0, 0.1) is 0 Å². The average molecular weight is 518 g/mol. The molecule has 0 radical (unpaired) electrons. The van der Waals surface area contributed by atoms with E-state index in [1.165, 1.54) is 89.9 Å². The highest BCUT2D eigenvalue weighted by molar-refractivity contribution is 5.77. The third-order valence-electron chi connectivity index (χ3n) is 6.86. The van der Waals surface area contributed by atoms with Gasteiger partial charge in [-0.05, 0) is 19.0 Å². The maximum Gasteiger partial charge on any atom is 0.407 e. The van der Waals surface area contributed by atoms with Gasteiger partial charge in [0.15, 0.2) is 0 Å². The minimum atomic E-state index is -0.442. The van der Waals surface area contributed by atoms with E-state index in [0.29, 0.717) is 19.6 Å². The zero-order chi connectivity index (χ0) is 26.8. The number of likely N-dealkylation sites (N-methyl/N-ethyl adjacent to an activating group) is 1. The normalized spacial score (nSPS) is 10.9. The molecular formula is C31H55N3O3. The van der Waals surface area contributed by atoms with Crippen molar-refractivity contribution in [2.75, 3.05) is 31.1 Å². The molecule has 0 atom stereocenters. The molecular weight excluding hydrogens is 462 g/mol. The van der Waals surface area contributed by atoms with Gasteiger partial charge in [-0.3, -0.25) is 4.79 Å². The standard InChI is InChI=1S/C31H55N3O3/c1-3-5-6-7-8-9-10-11-12-13-14-15-16-17-18-21-26-34(28-35)30-23-20-19-22-29(30)27-37-31(36)33-25-24-32-4-2/h19-20,22-23,28,32H,3-18,21,24-27H2,1-2H3,(H,33,36). The van der Waals surface area contributed by atoms with E-state index in [9.17, 15) is 9.59 Å². The lowest BCUT2D eigenvalue weighted by Crippen LogP contribution is -2.32. The molecule has 1 rings (SSSR count). The van der Waals surface area contributed by atoms with Gasteiger partial charge in [-0.15, -0.1) is 0 Å². The summed E-state index contributed by atoms with van der Waals surface area (Å²) in [6.07, 6.45) is 21.8. The van der Waals surface area contributed by atoms with Gasteiger partial charge in [-0.25, -0.2) is 4.79 Å². The first-order valence-electron chi connectivity index (χ1n) is 15.1. The van der Waals surface area contributed by atoms with Crippen LogP contribution in [0.4, 0.5) is 10.5 Å². The van der Waals surface area contributed by atoms with Gasteiger partial charge in [-0.1, -0.05) is 128 Å². The molecule has 212 valence electrons. The fourth-order valence-corrected chi connectivity index (χ4v) is 4.60. The van der Waals surface area contributed by atoms with Gasteiger partial charge < -0.3 is 20.3 Å². The molecule has 1 aromatic carbocycles. The smallest absolute Gasteiger partial charge is 0.407 e. The summed E-state index contributed by atoms with van der Waals surface area (Å²) in [5.74, 6) is 0. The van der Waals surface area contributed by atoms with Crippen LogP contribution in [-0.4, -0.2) is 38.7 Å². The molecule has 6 heteroatoms. The third-order valence-corrected chi connectivity index (χ3v) is 6.86. The summed E-state index contributed by atoms with van der Waals surface area (Å²) in [6, 6.07) is 7.65. The predicted octanol–water partition coefficient (Wildman–Crippen LogP) is 7.75. The Labute approximate surface area is 227 Å². The Hall–Kier alpha value is -2.08. The number of alkyl carbamates (subject to hydrolysis) is 1. The molecule has 0 fully saturated rings. The number of nitrogens with one attached hydrogen (secondary N) is 2. The zero-order valence-electron chi connectivity index (χ0n) is 23.9. The van der Waals surface area contributed by atoms with Gasteiger partial charge in [0.25, 0.3) is 0 Å². The van der Waals surface area contributed by atoms with Gasteiger partial charge in [0.1, 0.15) is 6.61 Å². The van der Waals surface area contributed by atoms with Gasteiger partial charge in [0, 0.05) is 30.9 Å². The molecule has 1 aromatic rings. The summed E-state index contributed by atoms with van der Waals surface area (Å²) in [4.78, 5) is 25.5. The number of carbonyl (C=O) groups excluding carboxylic acids is 2. The molecule has 0 saturated carbocycles. The Morgan fingerprint density at radius 3 is 1.86 bits per heavy atom. The summed E-state index contributed by atoms with van der Waals surface area (Å²) in [7, 11) is 0. The van der Waals surface area contributed by atoms with Crippen molar-refractivity contribution in [3.05, 3.63) is 29.8 Å². The van der Waals surface area contributed by atoms with E-state index >= 15 is 0 Å². The first kappa shape index (κ1) is 32.9. The van der Waals surface area contributed by atoms with Crippen molar-refractivity contribution in [1.29, 1.82) is 0 Å². The van der Waals surface area contributed by atoms with Crippen LogP contribution >= 0.6 is 0 Å². The maximum absolute atomic E-state index is 11.9. The summed E-state index contributed by atoms with van der Waals surface area (Å²) < 4.78 is 5.36. The van der Waals surface area contributed by atoms with Crippen LogP contribution in [0.1, 0.15) is 122 Å². The quantitative estimate of drug-likeness (QED) is 0.103.